The standard InChI is InChI=1S/C7H7N3O3/c11-6-4(7(12)13)5-8-1-2-10(5)3-9-6/h3,8H,1-2H2,(H,12,13). The highest BCUT2D eigenvalue weighted by atomic mass is 16.4. The van der Waals surface area contributed by atoms with Gasteiger partial charge in [-0.05, 0) is 0 Å². The van der Waals surface area contributed by atoms with Crippen molar-refractivity contribution < 1.29 is 9.90 Å². The van der Waals surface area contributed by atoms with Crippen molar-refractivity contribution in [3.05, 3.63) is 22.2 Å². The number of nitrogens with one attached hydrogen (secondary N) is 1. The lowest BCUT2D eigenvalue weighted by Gasteiger charge is -2.03. The third-order valence-electron chi connectivity index (χ3n) is 1.91. The molecule has 0 bridgehead atoms. The van der Waals surface area contributed by atoms with E-state index in [4.69, 9.17) is 5.11 Å². The van der Waals surface area contributed by atoms with E-state index in [0.29, 0.717) is 18.9 Å². The molecule has 68 valence electrons. The van der Waals surface area contributed by atoms with E-state index in [9.17, 15) is 9.59 Å². The van der Waals surface area contributed by atoms with Crippen LogP contribution < -0.4 is 10.9 Å². The molecule has 1 aromatic rings. The first-order valence-electron chi connectivity index (χ1n) is 3.77. The van der Waals surface area contributed by atoms with Gasteiger partial charge in [-0.15, -0.1) is 0 Å². The Kier molecular flexibility index (Phi) is 1.54. The number of fused-ring (bicyclic) bond motifs is 1. The van der Waals surface area contributed by atoms with Crippen LogP contribution in [0.5, 0.6) is 0 Å². The Morgan fingerprint density at radius 3 is 3.15 bits per heavy atom. The zero-order valence-electron chi connectivity index (χ0n) is 6.65. The molecule has 1 aromatic heterocycles. The van der Waals surface area contributed by atoms with Crippen LogP contribution in [0.25, 0.3) is 0 Å². The minimum Gasteiger partial charge on any atom is -0.477 e. The molecule has 0 unspecified atom stereocenters. The summed E-state index contributed by atoms with van der Waals surface area (Å²) < 4.78 is 1.62. The highest BCUT2D eigenvalue weighted by molar-refractivity contribution is 5.92. The number of carboxylic acids is 1. The van der Waals surface area contributed by atoms with Crippen LogP contribution in [0.1, 0.15) is 10.4 Å². The molecule has 2 N–H and O–H groups in total. The highest BCUT2D eigenvalue weighted by Gasteiger charge is 2.21. The molecule has 0 aromatic carbocycles. The maximum atomic E-state index is 11.1. The summed E-state index contributed by atoms with van der Waals surface area (Å²) in [5.74, 6) is -0.885. The molecule has 1 aliphatic heterocycles. The third-order valence-corrected chi connectivity index (χ3v) is 1.91. The molecule has 0 spiro atoms. The van der Waals surface area contributed by atoms with Gasteiger partial charge in [0, 0.05) is 13.1 Å². The third kappa shape index (κ3) is 1.07. The van der Waals surface area contributed by atoms with E-state index in [1.807, 2.05) is 0 Å². The van der Waals surface area contributed by atoms with E-state index in [1.54, 1.807) is 4.57 Å². The number of nitrogens with zero attached hydrogens (tertiary/aromatic N) is 2. The second-order valence-corrected chi connectivity index (χ2v) is 2.70. The van der Waals surface area contributed by atoms with E-state index in [2.05, 4.69) is 10.3 Å². The van der Waals surface area contributed by atoms with Crippen molar-refractivity contribution >= 4 is 11.8 Å². The zero-order chi connectivity index (χ0) is 9.42. The van der Waals surface area contributed by atoms with Crippen LogP contribution in [0.3, 0.4) is 0 Å². The van der Waals surface area contributed by atoms with Gasteiger partial charge in [-0.3, -0.25) is 4.79 Å². The largest absolute Gasteiger partial charge is 0.477 e. The first kappa shape index (κ1) is 7.78. The number of carboxylic acid groups (broad SMARTS) is 1. The van der Waals surface area contributed by atoms with Gasteiger partial charge in [-0.2, -0.15) is 4.98 Å². The van der Waals surface area contributed by atoms with Gasteiger partial charge in [0.25, 0.3) is 5.56 Å². The second kappa shape index (κ2) is 2.58. The molecule has 0 saturated heterocycles. The van der Waals surface area contributed by atoms with Gasteiger partial charge in [0.2, 0.25) is 0 Å². The van der Waals surface area contributed by atoms with Gasteiger partial charge in [0.15, 0.2) is 5.56 Å². The first-order chi connectivity index (χ1) is 6.20. The molecule has 6 heteroatoms. The van der Waals surface area contributed by atoms with E-state index in [-0.39, 0.29) is 5.56 Å². The van der Waals surface area contributed by atoms with E-state index in [0.717, 1.165) is 0 Å². The van der Waals surface area contributed by atoms with Crippen molar-refractivity contribution in [1.82, 2.24) is 9.55 Å². The van der Waals surface area contributed by atoms with Crippen molar-refractivity contribution in [2.75, 3.05) is 11.9 Å². The summed E-state index contributed by atoms with van der Waals surface area (Å²) in [4.78, 5) is 25.2. The smallest absolute Gasteiger partial charge is 0.345 e. The Morgan fingerprint density at radius 2 is 2.46 bits per heavy atom. The summed E-state index contributed by atoms with van der Waals surface area (Å²) in [5.41, 5.74) is -0.979. The lowest BCUT2D eigenvalue weighted by Crippen LogP contribution is -2.21. The summed E-state index contributed by atoms with van der Waals surface area (Å²) in [6, 6.07) is 0. The molecule has 13 heavy (non-hydrogen) atoms. The van der Waals surface area contributed by atoms with Crippen LogP contribution in [0.4, 0.5) is 5.82 Å². The van der Waals surface area contributed by atoms with Crippen LogP contribution in [0.15, 0.2) is 11.1 Å². The van der Waals surface area contributed by atoms with E-state index < -0.39 is 11.5 Å². The molecule has 1 aliphatic rings. The summed E-state index contributed by atoms with van der Waals surface area (Å²) in [6.07, 6.45) is 1.35. The number of aromatic nitrogens is 2. The van der Waals surface area contributed by atoms with E-state index >= 15 is 0 Å². The Hall–Kier alpha value is -1.85. The fraction of sp³-hybridized carbons (Fsp3) is 0.286. The minimum absolute atomic E-state index is 0.278. The molecular weight excluding hydrogens is 174 g/mol. The lowest BCUT2D eigenvalue weighted by molar-refractivity contribution is 0.0695. The van der Waals surface area contributed by atoms with Gasteiger partial charge in [-0.1, -0.05) is 0 Å². The number of anilines is 1. The fourth-order valence-corrected chi connectivity index (χ4v) is 1.34. The molecule has 2 heterocycles. The van der Waals surface area contributed by atoms with Crippen molar-refractivity contribution in [2.45, 2.75) is 6.54 Å². The summed E-state index contributed by atoms with van der Waals surface area (Å²) in [5, 5.41) is 11.6. The average molecular weight is 181 g/mol. The van der Waals surface area contributed by atoms with Crippen molar-refractivity contribution in [3.8, 4) is 0 Å². The van der Waals surface area contributed by atoms with Crippen LogP contribution in [0, 0.1) is 0 Å². The summed E-state index contributed by atoms with van der Waals surface area (Å²) in [6.45, 7) is 1.27. The van der Waals surface area contributed by atoms with Crippen LogP contribution in [-0.2, 0) is 6.54 Å². The maximum absolute atomic E-state index is 11.1. The number of carbonyl (C=O) groups is 1. The average Bonchev–Trinajstić information content (AvgIpc) is 2.50. The number of aromatic carboxylic acids is 1. The zero-order valence-corrected chi connectivity index (χ0v) is 6.65. The Balaban J connectivity index is 2.72. The SMILES string of the molecule is O=C(O)c1c2n(cnc1=O)CCN2. The van der Waals surface area contributed by atoms with Crippen LogP contribution in [0.2, 0.25) is 0 Å². The maximum Gasteiger partial charge on any atom is 0.345 e. The monoisotopic (exact) mass is 181 g/mol. The van der Waals surface area contributed by atoms with Crippen LogP contribution >= 0.6 is 0 Å². The minimum atomic E-state index is -1.24. The summed E-state index contributed by atoms with van der Waals surface area (Å²) in [7, 11) is 0. The Morgan fingerprint density at radius 1 is 1.69 bits per heavy atom. The fourth-order valence-electron chi connectivity index (χ4n) is 1.34. The number of rotatable bonds is 1. The predicted molar refractivity (Wildman–Crippen MR) is 43.9 cm³/mol. The molecule has 0 amide bonds. The normalized spacial score (nSPS) is 13.5. The topological polar surface area (TPSA) is 84.2 Å². The first-order valence-corrected chi connectivity index (χ1v) is 3.77. The number of hydrogen-bond acceptors (Lipinski definition) is 4. The molecule has 0 saturated carbocycles. The molecule has 6 nitrogen and oxygen atoms in total. The van der Waals surface area contributed by atoms with Gasteiger partial charge in [0.05, 0.1) is 0 Å². The van der Waals surface area contributed by atoms with Crippen molar-refractivity contribution in [1.29, 1.82) is 0 Å². The molecule has 0 fully saturated rings. The van der Waals surface area contributed by atoms with Gasteiger partial charge < -0.3 is 15.0 Å². The van der Waals surface area contributed by atoms with Crippen molar-refractivity contribution in [2.24, 2.45) is 0 Å². The molecule has 0 atom stereocenters. The predicted octanol–water partition coefficient (Wildman–Crippen LogP) is -0.633. The Bertz CT molecular complexity index is 423. The molecular formula is C7H7N3O3. The number of hydrogen-bond donors (Lipinski definition) is 2. The van der Waals surface area contributed by atoms with E-state index in [1.165, 1.54) is 6.33 Å². The molecule has 0 radical (unpaired) electrons. The quantitative estimate of drug-likeness (QED) is 0.602. The van der Waals surface area contributed by atoms with Gasteiger partial charge in [0.1, 0.15) is 12.1 Å². The summed E-state index contributed by atoms with van der Waals surface area (Å²) >= 11 is 0. The Labute approximate surface area is 72.8 Å². The van der Waals surface area contributed by atoms with Crippen molar-refractivity contribution in [3.63, 3.8) is 0 Å². The lowest BCUT2D eigenvalue weighted by atomic mass is 10.3. The second-order valence-electron chi connectivity index (χ2n) is 2.70. The highest BCUT2D eigenvalue weighted by Crippen LogP contribution is 2.15. The molecule has 0 aliphatic carbocycles. The van der Waals surface area contributed by atoms with Gasteiger partial charge >= 0.3 is 5.97 Å². The van der Waals surface area contributed by atoms with Gasteiger partial charge in [-0.25, -0.2) is 4.79 Å². The molecule has 2 rings (SSSR count). The van der Waals surface area contributed by atoms with Crippen LogP contribution in [-0.4, -0.2) is 27.2 Å².